The van der Waals surface area contributed by atoms with Gasteiger partial charge in [-0.05, 0) is 24.3 Å². The Morgan fingerprint density at radius 2 is 1.78 bits per heavy atom. The van der Waals surface area contributed by atoms with Crippen molar-refractivity contribution in [1.29, 1.82) is 0 Å². The van der Waals surface area contributed by atoms with E-state index in [0.29, 0.717) is 6.42 Å². The average molecular weight is 277 g/mol. The average Bonchev–Trinajstić information content (AvgIpc) is 2.35. The van der Waals surface area contributed by atoms with Gasteiger partial charge in [-0.3, -0.25) is 0 Å². The van der Waals surface area contributed by atoms with E-state index in [9.17, 15) is 12.8 Å². The van der Waals surface area contributed by atoms with E-state index in [1.807, 2.05) is 0 Å². The van der Waals surface area contributed by atoms with E-state index in [1.54, 1.807) is 0 Å². The molecular weight excluding hydrogens is 261 g/mol. The van der Waals surface area contributed by atoms with Gasteiger partial charge < -0.3 is 9.47 Å². The third kappa shape index (κ3) is 4.34. The Hall–Kier alpha value is -1.02. The number of hydrogen-bond donors (Lipinski definition) is 1. The largest absolute Gasteiger partial charge is 0.356 e. The minimum atomic E-state index is -3.62. The van der Waals surface area contributed by atoms with Gasteiger partial charge in [-0.1, -0.05) is 0 Å². The first kappa shape index (κ1) is 15.0. The molecular formula is C11H16FNO4S. The maximum absolute atomic E-state index is 12.7. The van der Waals surface area contributed by atoms with Crippen LogP contribution in [0, 0.1) is 5.82 Å². The van der Waals surface area contributed by atoms with Crippen molar-refractivity contribution in [2.24, 2.45) is 0 Å². The normalized spacial score (nSPS) is 12.0. The smallest absolute Gasteiger partial charge is 0.240 e. The molecule has 5 nitrogen and oxygen atoms in total. The zero-order valence-electron chi connectivity index (χ0n) is 10.2. The summed E-state index contributed by atoms with van der Waals surface area (Å²) in [5, 5.41) is 0. The van der Waals surface area contributed by atoms with Crippen LogP contribution in [0.5, 0.6) is 0 Å². The zero-order chi connectivity index (χ0) is 13.6. The minimum absolute atomic E-state index is 0.0234. The molecule has 1 N–H and O–H groups in total. The van der Waals surface area contributed by atoms with E-state index in [-0.39, 0.29) is 11.4 Å². The molecule has 1 rings (SSSR count). The van der Waals surface area contributed by atoms with Gasteiger partial charge in [0.2, 0.25) is 10.0 Å². The Morgan fingerprint density at radius 3 is 2.28 bits per heavy atom. The van der Waals surface area contributed by atoms with Crippen molar-refractivity contribution in [3.63, 3.8) is 0 Å². The van der Waals surface area contributed by atoms with Crippen LogP contribution < -0.4 is 4.72 Å². The second-order valence-corrected chi connectivity index (χ2v) is 5.31. The standard InChI is InChI=1S/C11H16FNO4S/c1-16-11(17-2)7-8-13-18(14,15)10-5-3-9(12)4-6-10/h3-6,11,13H,7-8H2,1-2H3. The monoisotopic (exact) mass is 277 g/mol. The molecule has 18 heavy (non-hydrogen) atoms. The molecule has 0 atom stereocenters. The van der Waals surface area contributed by atoms with Crippen LogP contribution in [0.1, 0.15) is 6.42 Å². The van der Waals surface area contributed by atoms with E-state index in [1.165, 1.54) is 26.4 Å². The van der Waals surface area contributed by atoms with Gasteiger partial charge in [0.1, 0.15) is 5.82 Å². The molecule has 0 saturated heterocycles. The number of rotatable bonds is 7. The van der Waals surface area contributed by atoms with Crippen molar-refractivity contribution >= 4 is 10.0 Å². The van der Waals surface area contributed by atoms with E-state index in [0.717, 1.165) is 12.1 Å². The number of sulfonamides is 1. The van der Waals surface area contributed by atoms with Crippen LogP contribution in [0.3, 0.4) is 0 Å². The number of hydrogen-bond acceptors (Lipinski definition) is 4. The van der Waals surface area contributed by atoms with Gasteiger partial charge in [0.05, 0.1) is 4.90 Å². The summed E-state index contributed by atoms with van der Waals surface area (Å²) in [6, 6.07) is 4.62. The van der Waals surface area contributed by atoms with Gasteiger partial charge in [-0.2, -0.15) is 0 Å². The molecule has 0 spiro atoms. The van der Waals surface area contributed by atoms with Crippen LogP contribution in [-0.4, -0.2) is 35.5 Å². The van der Waals surface area contributed by atoms with Crippen molar-refractivity contribution in [2.45, 2.75) is 17.6 Å². The lowest BCUT2D eigenvalue weighted by Gasteiger charge is -2.13. The first-order valence-corrected chi connectivity index (χ1v) is 6.78. The predicted octanol–water partition coefficient (Wildman–Crippen LogP) is 1.11. The van der Waals surface area contributed by atoms with E-state index in [2.05, 4.69) is 4.72 Å². The van der Waals surface area contributed by atoms with Crippen molar-refractivity contribution in [2.75, 3.05) is 20.8 Å². The molecule has 0 saturated carbocycles. The molecule has 1 aromatic carbocycles. The molecule has 7 heteroatoms. The van der Waals surface area contributed by atoms with Crippen LogP contribution in [0.2, 0.25) is 0 Å². The Morgan fingerprint density at radius 1 is 1.22 bits per heavy atom. The summed E-state index contributed by atoms with van der Waals surface area (Å²) < 4.78 is 48.5. The minimum Gasteiger partial charge on any atom is -0.356 e. The summed E-state index contributed by atoms with van der Waals surface area (Å²) >= 11 is 0. The third-order valence-corrected chi connectivity index (χ3v) is 3.80. The highest BCUT2D eigenvalue weighted by Gasteiger charge is 2.14. The lowest BCUT2D eigenvalue weighted by atomic mass is 10.4. The molecule has 0 fully saturated rings. The van der Waals surface area contributed by atoms with Gasteiger partial charge in [0.15, 0.2) is 6.29 Å². The highest BCUT2D eigenvalue weighted by Crippen LogP contribution is 2.09. The second-order valence-electron chi connectivity index (χ2n) is 3.54. The molecule has 0 amide bonds. The number of ether oxygens (including phenoxy) is 2. The van der Waals surface area contributed by atoms with Crippen LogP contribution in [0.15, 0.2) is 29.2 Å². The van der Waals surface area contributed by atoms with E-state index < -0.39 is 22.1 Å². The topological polar surface area (TPSA) is 64.6 Å². The summed E-state index contributed by atoms with van der Waals surface area (Å²) in [4.78, 5) is 0.0234. The first-order valence-electron chi connectivity index (χ1n) is 5.30. The number of benzene rings is 1. The van der Waals surface area contributed by atoms with Gasteiger partial charge in [-0.15, -0.1) is 0 Å². The highest BCUT2D eigenvalue weighted by atomic mass is 32.2. The van der Waals surface area contributed by atoms with Gasteiger partial charge in [0, 0.05) is 27.2 Å². The molecule has 1 aromatic rings. The summed E-state index contributed by atoms with van der Waals surface area (Å²) in [7, 11) is -0.667. The fourth-order valence-corrected chi connectivity index (χ4v) is 2.39. The van der Waals surface area contributed by atoms with Crippen LogP contribution in [-0.2, 0) is 19.5 Å². The summed E-state index contributed by atoms with van der Waals surface area (Å²) in [6.07, 6.45) is -0.0751. The predicted molar refractivity (Wildman–Crippen MR) is 64.0 cm³/mol. The Bertz CT molecular complexity index is 456. The van der Waals surface area contributed by atoms with E-state index in [4.69, 9.17) is 9.47 Å². The highest BCUT2D eigenvalue weighted by molar-refractivity contribution is 7.89. The van der Waals surface area contributed by atoms with Crippen molar-refractivity contribution in [3.05, 3.63) is 30.1 Å². The Kier molecular flexibility index (Phi) is 5.67. The third-order valence-electron chi connectivity index (χ3n) is 2.32. The number of nitrogens with one attached hydrogen (secondary N) is 1. The van der Waals surface area contributed by atoms with E-state index >= 15 is 0 Å². The quantitative estimate of drug-likeness (QED) is 0.758. The SMILES string of the molecule is COC(CCNS(=O)(=O)c1ccc(F)cc1)OC. The summed E-state index contributed by atoms with van der Waals surface area (Å²) in [5.41, 5.74) is 0. The van der Waals surface area contributed by atoms with Crippen molar-refractivity contribution in [3.8, 4) is 0 Å². The van der Waals surface area contributed by atoms with Gasteiger partial charge in [-0.25, -0.2) is 17.5 Å². The fourth-order valence-electron chi connectivity index (χ4n) is 1.34. The lowest BCUT2D eigenvalue weighted by molar-refractivity contribution is -0.104. The second kappa shape index (κ2) is 6.79. The number of halogens is 1. The molecule has 0 aliphatic carbocycles. The molecule has 0 bridgehead atoms. The summed E-state index contributed by atoms with van der Waals surface area (Å²) in [5.74, 6) is -0.479. The molecule has 0 unspecified atom stereocenters. The van der Waals surface area contributed by atoms with Gasteiger partial charge >= 0.3 is 0 Å². The zero-order valence-corrected chi connectivity index (χ0v) is 11.0. The lowest BCUT2D eigenvalue weighted by Crippen LogP contribution is -2.28. The van der Waals surface area contributed by atoms with Crippen LogP contribution >= 0.6 is 0 Å². The maximum Gasteiger partial charge on any atom is 0.240 e. The molecule has 102 valence electrons. The molecule has 0 heterocycles. The number of methoxy groups -OCH3 is 2. The Balaban J connectivity index is 2.57. The maximum atomic E-state index is 12.7. The molecule has 0 aliphatic heterocycles. The molecule has 0 aliphatic rings. The fraction of sp³-hybridized carbons (Fsp3) is 0.455. The van der Waals surface area contributed by atoms with Crippen LogP contribution in [0.25, 0.3) is 0 Å². The van der Waals surface area contributed by atoms with Crippen molar-refractivity contribution < 1.29 is 22.3 Å². The van der Waals surface area contributed by atoms with Gasteiger partial charge in [0.25, 0.3) is 0 Å². The molecule has 0 radical (unpaired) electrons. The first-order chi connectivity index (χ1) is 8.49. The molecule has 0 aromatic heterocycles. The van der Waals surface area contributed by atoms with Crippen molar-refractivity contribution in [1.82, 2.24) is 4.72 Å². The summed E-state index contributed by atoms with van der Waals surface area (Å²) in [6.45, 7) is 0.173. The van der Waals surface area contributed by atoms with Crippen LogP contribution in [0.4, 0.5) is 4.39 Å². The Labute approximate surface area is 106 Å².